The average molecular weight is 268 g/mol. The molecule has 1 heterocycles. The Morgan fingerprint density at radius 2 is 1.79 bits per heavy atom. The van der Waals surface area contributed by atoms with Crippen molar-refractivity contribution in [3.05, 3.63) is 0 Å². The van der Waals surface area contributed by atoms with Crippen molar-refractivity contribution in [2.24, 2.45) is 11.8 Å². The SMILES string of the molecule is O=C(O)C1CCC(C(=O)NCCN2CCCCC2)C1. The minimum atomic E-state index is -0.761. The number of nitrogens with zero attached hydrogens (tertiary/aromatic N) is 1. The van der Waals surface area contributed by atoms with Gasteiger partial charge in [0.2, 0.25) is 5.91 Å². The molecule has 0 spiro atoms. The molecule has 2 aliphatic rings. The van der Waals surface area contributed by atoms with Crippen molar-refractivity contribution in [3.63, 3.8) is 0 Å². The van der Waals surface area contributed by atoms with Crippen molar-refractivity contribution in [1.29, 1.82) is 0 Å². The second-order valence-electron chi connectivity index (χ2n) is 5.74. The number of carboxylic acids is 1. The molecule has 1 saturated heterocycles. The Morgan fingerprint density at radius 3 is 2.42 bits per heavy atom. The normalized spacial score (nSPS) is 28.2. The summed E-state index contributed by atoms with van der Waals surface area (Å²) in [6, 6.07) is 0. The van der Waals surface area contributed by atoms with Gasteiger partial charge in [0.25, 0.3) is 0 Å². The van der Waals surface area contributed by atoms with Crippen LogP contribution in [-0.4, -0.2) is 48.1 Å². The molecule has 2 N–H and O–H groups in total. The highest BCUT2D eigenvalue weighted by molar-refractivity contribution is 5.80. The standard InChI is InChI=1S/C14H24N2O3/c17-13(11-4-5-12(10-11)14(18)19)15-6-9-16-7-2-1-3-8-16/h11-12H,1-10H2,(H,15,17)(H,18,19). The molecule has 2 fully saturated rings. The fourth-order valence-electron chi connectivity index (χ4n) is 3.11. The third-order valence-electron chi connectivity index (χ3n) is 4.33. The molecule has 1 aliphatic carbocycles. The molecule has 5 heteroatoms. The van der Waals surface area contributed by atoms with Crippen molar-refractivity contribution < 1.29 is 14.7 Å². The molecule has 1 saturated carbocycles. The van der Waals surface area contributed by atoms with Gasteiger partial charge in [-0.2, -0.15) is 0 Å². The molecular formula is C14H24N2O3. The molecule has 19 heavy (non-hydrogen) atoms. The van der Waals surface area contributed by atoms with E-state index in [0.717, 1.165) is 19.6 Å². The first-order valence-corrected chi connectivity index (χ1v) is 7.39. The highest BCUT2D eigenvalue weighted by Gasteiger charge is 2.33. The fourth-order valence-corrected chi connectivity index (χ4v) is 3.11. The monoisotopic (exact) mass is 268 g/mol. The zero-order valence-corrected chi connectivity index (χ0v) is 11.4. The largest absolute Gasteiger partial charge is 0.481 e. The van der Waals surface area contributed by atoms with Crippen molar-refractivity contribution in [2.75, 3.05) is 26.2 Å². The van der Waals surface area contributed by atoms with Crippen molar-refractivity contribution in [2.45, 2.75) is 38.5 Å². The maximum Gasteiger partial charge on any atom is 0.306 e. The Balaban J connectivity index is 1.63. The average Bonchev–Trinajstić information content (AvgIpc) is 2.89. The second-order valence-corrected chi connectivity index (χ2v) is 5.74. The summed E-state index contributed by atoms with van der Waals surface area (Å²) in [5, 5.41) is 11.9. The molecule has 5 nitrogen and oxygen atoms in total. The Morgan fingerprint density at radius 1 is 1.11 bits per heavy atom. The number of amides is 1. The van der Waals surface area contributed by atoms with E-state index < -0.39 is 5.97 Å². The summed E-state index contributed by atoms with van der Waals surface area (Å²) < 4.78 is 0. The van der Waals surface area contributed by atoms with Gasteiger partial charge in [-0.1, -0.05) is 6.42 Å². The lowest BCUT2D eigenvalue weighted by Gasteiger charge is -2.26. The van der Waals surface area contributed by atoms with Gasteiger partial charge < -0.3 is 15.3 Å². The molecule has 2 rings (SSSR count). The lowest BCUT2D eigenvalue weighted by molar-refractivity contribution is -0.141. The Bertz CT molecular complexity index is 327. The molecular weight excluding hydrogens is 244 g/mol. The summed E-state index contributed by atoms with van der Waals surface area (Å²) in [4.78, 5) is 25.2. The Hall–Kier alpha value is -1.10. The van der Waals surface area contributed by atoms with Gasteiger partial charge in [-0.25, -0.2) is 0 Å². The smallest absolute Gasteiger partial charge is 0.306 e. The first-order chi connectivity index (χ1) is 9.16. The van der Waals surface area contributed by atoms with E-state index in [-0.39, 0.29) is 17.7 Å². The number of rotatable bonds is 5. The number of aliphatic carboxylic acids is 1. The summed E-state index contributed by atoms with van der Waals surface area (Å²) in [7, 11) is 0. The molecule has 2 atom stereocenters. The van der Waals surface area contributed by atoms with Gasteiger partial charge >= 0.3 is 5.97 Å². The van der Waals surface area contributed by atoms with E-state index in [0.29, 0.717) is 25.8 Å². The Labute approximate surface area is 114 Å². The fraction of sp³-hybridized carbons (Fsp3) is 0.857. The summed E-state index contributed by atoms with van der Waals surface area (Å²) in [6.45, 7) is 3.88. The lowest BCUT2D eigenvalue weighted by Crippen LogP contribution is -2.39. The number of carbonyl (C=O) groups excluding carboxylic acids is 1. The summed E-state index contributed by atoms with van der Waals surface area (Å²) >= 11 is 0. The number of piperidine rings is 1. The number of hydrogen-bond donors (Lipinski definition) is 2. The predicted octanol–water partition coefficient (Wildman–Crippen LogP) is 1.09. The zero-order chi connectivity index (χ0) is 13.7. The third kappa shape index (κ3) is 4.20. The van der Waals surface area contributed by atoms with E-state index in [1.807, 2.05) is 0 Å². The molecule has 1 amide bonds. The van der Waals surface area contributed by atoms with Crippen LogP contribution in [0.25, 0.3) is 0 Å². The van der Waals surface area contributed by atoms with Gasteiger partial charge in [-0.3, -0.25) is 9.59 Å². The van der Waals surface area contributed by atoms with Gasteiger partial charge in [-0.15, -0.1) is 0 Å². The van der Waals surface area contributed by atoms with Crippen LogP contribution in [0.2, 0.25) is 0 Å². The summed E-state index contributed by atoms with van der Waals surface area (Å²) in [5.41, 5.74) is 0. The molecule has 2 unspecified atom stereocenters. The lowest BCUT2D eigenvalue weighted by atomic mass is 10.0. The van der Waals surface area contributed by atoms with E-state index in [4.69, 9.17) is 5.11 Å². The molecule has 0 aromatic heterocycles. The number of carbonyl (C=O) groups is 2. The van der Waals surface area contributed by atoms with E-state index in [1.165, 1.54) is 19.3 Å². The van der Waals surface area contributed by atoms with Gasteiger partial charge in [-0.05, 0) is 45.2 Å². The topological polar surface area (TPSA) is 69.6 Å². The maximum atomic E-state index is 11.9. The minimum Gasteiger partial charge on any atom is -0.481 e. The van der Waals surface area contributed by atoms with Crippen LogP contribution in [-0.2, 0) is 9.59 Å². The van der Waals surface area contributed by atoms with Crippen LogP contribution in [0.4, 0.5) is 0 Å². The van der Waals surface area contributed by atoms with Crippen molar-refractivity contribution >= 4 is 11.9 Å². The first kappa shape index (κ1) is 14.3. The highest BCUT2D eigenvalue weighted by Crippen LogP contribution is 2.30. The van der Waals surface area contributed by atoms with E-state index in [9.17, 15) is 9.59 Å². The molecule has 0 bridgehead atoms. The van der Waals surface area contributed by atoms with E-state index in [2.05, 4.69) is 10.2 Å². The number of carboxylic acid groups (broad SMARTS) is 1. The quantitative estimate of drug-likeness (QED) is 0.783. The van der Waals surface area contributed by atoms with E-state index >= 15 is 0 Å². The van der Waals surface area contributed by atoms with E-state index in [1.54, 1.807) is 0 Å². The summed E-state index contributed by atoms with van der Waals surface area (Å²) in [6.07, 6.45) is 5.70. The molecule has 0 aromatic carbocycles. The van der Waals surface area contributed by atoms with Gasteiger partial charge in [0.1, 0.15) is 0 Å². The van der Waals surface area contributed by atoms with Crippen LogP contribution in [0.15, 0.2) is 0 Å². The van der Waals surface area contributed by atoms with Gasteiger partial charge in [0, 0.05) is 19.0 Å². The first-order valence-electron chi connectivity index (χ1n) is 7.39. The van der Waals surface area contributed by atoms with Crippen LogP contribution in [0.1, 0.15) is 38.5 Å². The molecule has 1 aliphatic heterocycles. The third-order valence-corrected chi connectivity index (χ3v) is 4.33. The zero-order valence-electron chi connectivity index (χ0n) is 11.4. The van der Waals surface area contributed by atoms with Crippen LogP contribution < -0.4 is 5.32 Å². The van der Waals surface area contributed by atoms with Crippen molar-refractivity contribution in [1.82, 2.24) is 10.2 Å². The van der Waals surface area contributed by atoms with Gasteiger partial charge in [0.15, 0.2) is 0 Å². The Kier molecular flexibility index (Phi) is 5.19. The number of hydrogen-bond acceptors (Lipinski definition) is 3. The number of likely N-dealkylation sites (tertiary alicyclic amines) is 1. The number of nitrogens with one attached hydrogen (secondary N) is 1. The summed E-state index contributed by atoms with van der Waals surface area (Å²) in [5.74, 6) is -1.13. The van der Waals surface area contributed by atoms with Crippen LogP contribution >= 0.6 is 0 Å². The minimum absolute atomic E-state index is 0.0424. The van der Waals surface area contributed by atoms with Crippen molar-refractivity contribution in [3.8, 4) is 0 Å². The molecule has 108 valence electrons. The molecule has 0 radical (unpaired) electrons. The second kappa shape index (κ2) is 6.89. The highest BCUT2D eigenvalue weighted by atomic mass is 16.4. The maximum absolute atomic E-state index is 11.9. The predicted molar refractivity (Wildman–Crippen MR) is 71.8 cm³/mol. The van der Waals surface area contributed by atoms with Gasteiger partial charge in [0.05, 0.1) is 5.92 Å². The molecule has 0 aromatic rings. The van der Waals surface area contributed by atoms with Crippen LogP contribution in [0, 0.1) is 11.8 Å². The van der Waals surface area contributed by atoms with Crippen LogP contribution in [0.3, 0.4) is 0 Å². The van der Waals surface area contributed by atoms with Crippen LogP contribution in [0.5, 0.6) is 0 Å².